The molecule has 2 rings (SSSR count). The van der Waals surface area contributed by atoms with Gasteiger partial charge in [-0.25, -0.2) is 0 Å². The van der Waals surface area contributed by atoms with Gasteiger partial charge < -0.3 is 10.8 Å². The van der Waals surface area contributed by atoms with Crippen LogP contribution in [0, 0.1) is 11.8 Å². The Bertz CT molecular complexity index is 636. The molecule has 0 aliphatic rings. The van der Waals surface area contributed by atoms with Crippen LogP contribution in [0.2, 0.25) is 0 Å². The first-order chi connectivity index (χ1) is 9.65. The van der Waals surface area contributed by atoms with Gasteiger partial charge in [-0.15, -0.1) is 0 Å². The number of carboxylic acid groups (broad SMARTS) is 1. The van der Waals surface area contributed by atoms with Crippen molar-refractivity contribution in [3.05, 3.63) is 71.3 Å². The van der Waals surface area contributed by atoms with Gasteiger partial charge in [-0.3, -0.25) is 4.79 Å². The summed E-state index contributed by atoms with van der Waals surface area (Å²) in [7, 11) is 0. The van der Waals surface area contributed by atoms with Gasteiger partial charge in [0.2, 0.25) is 0 Å². The monoisotopic (exact) mass is 265 g/mol. The van der Waals surface area contributed by atoms with Gasteiger partial charge in [-0.1, -0.05) is 42.2 Å². The molecule has 1 atom stereocenters. The van der Waals surface area contributed by atoms with Crippen LogP contribution in [0.1, 0.15) is 16.7 Å². The highest BCUT2D eigenvalue weighted by Gasteiger charge is 2.11. The third-order valence-electron chi connectivity index (χ3n) is 2.85. The minimum atomic E-state index is -0.988. The topological polar surface area (TPSA) is 63.3 Å². The largest absolute Gasteiger partial charge is 0.480 e. The second-order valence-electron chi connectivity index (χ2n) is 4.46. The molecule has 0 heterocycles. The van der Waals surface area contributed by atoms with Gasteiger partial charge in [-0.2, -0.15) is 0 Å². The molecule has 0 aliphatic carbocycles. The molecule has 100 valence electrons. The van der Waals surface area contributed by atoms with Gasteiger partial charge in [0.1, 0.15) is 6.04 Å². The predicted molar refractivity (Wildman–Crippen MR) is 78.2 cm³/mol. The fraction of sp³-hybridized carbons (Fsp3) is 0.118. The highest BCUT2D eigenvalue weighted by atomic mass is 16.4. The molecule has 3 heteroatoms. The summed E-state index contributed by atoms with van der Waals surface area (Å²) in [6.07, 6.45) is 0.321. The maximum absolute atomic E-state index is 10.7. The number of benzene rings is 2. The standard InChI is InChI=1S/C17H15NO2/c18-16(17(19)20)12-15-10-8-14(9-11-15)7-6-13-4-2-1-3-5-13/h1-5,8-11,16H,12,18H2,(H,19,20)/t16-/m0/s1. The van der Waals surface area contributed by atoms with Crippen LogP contribution in [0.15, 0.2) is 54.6 Å². The molecule has 2 aromatic carbocycles. The Labute approximate surface area is 118 Å². The van der Waals surface area contributed by atoms with Gasteiger partial charge in [0.15, 0.2) is 0 Å². The predicted octanol–water partition coefficient (Wildman–Crippen LogP) is 2.04. The minimum absolute atomic E-state index is 0.321. The van der Waals surface area contributed by atoms with Crippen molar-refractivity contribution in [1.29, 1.82) is 0 Å². The summed E-state index contributed by atoms with van der Waals surface area (Å²) < 4.78 is 0. The van der Waals surface area contributed by atoms with E-state index in [2.05, 4.69) is 11.8 Å². The molecule has 3 nitrogen and oxygen atoms in total. The normalized spacial score (nSPS) is 11.2. The maximum Gasteiger partial charge on any atom is 0.320 e. The van der Waals surface area contributed by atoms with Gasteiger partial charge >= 0.3 is 5.97 Å². The third-order valence-corrected chi connectivity index (χ3v) is 2.85. The minimum Gasteiger partial charge on any atom is -0.480 e. The van der Waals surface area contributed by atoms with Gasteiger partial charge in [0.05, 0.1) is 0 Å². The fourth-order valence-electron chi connectivity index (χ4n) is 1.73. The highest BCUT2D eigenvalue weighted by Crippen LogP contribution is 2.06. The van der Waals surface area contributed by atoms with Crippen LogP contribution in [0.3, 0.4) is 0 Å². The van der Waals surface area contributed by atoms with Crippen LogP contribution in [0.25, 0.3) is 0 Å². The first kappa shape index (κ1) is 13.9. The second-order valence-corrected chi connectivity index (χ2v) is 4.46. The Balaban J connectivity index is 2.06. The zero-order valence-corrected chi connectivity index (χ0v) is 10.9. The lowest BCUT2D eigenvalue weighted by atomic mass is 10.0. The van der Waals surface area contributed by atoms with Crippen molar-refractivity contribution >= 4 is 5.97 Å². The zero-order chi connectivity index (χ0) is 14.4. The van der Waals surface area contributed by atoms with Crippen LogP contribution >= 0.6 is 0 Å². The van der Waals surface area contributed by atoms with Crippen molar-refractivity contribution in [3.63, 3.8) is 0 Å². The Morgan fingerprint density at radius 1 is 1.00 bits per heavy atom. The molecule has 0 aromatic heterocycles. The summed E-state index contributed by atoms with van der Waals surface area (Å²) >= 11 is 0. The van der Waals surface area contributed by atoms with Crippen molar-refractivity contribution in [2.24, 2.45) is 5.73 Å². The molecular weight excluding hydrogens is 250 g/mol. The fourth-order valence-corrected chi connectivity index (χ4v) is 1.73. The Morgan fingerprint density at radius 3 is 2.10 bits per heavy atom. The van der Waals surface area contributed by atoms with Crippen LogP contribution in [0.5, 0.6) is 0 Å². The van der Waals surface area contributed by atoms with E-state index in [1.54, 1.807) is 0 Å². The summed E-state index contributed by atoms with van der Waals surface area (Å²) in [4.78, 5) is 10.7. The van der Waals surface area contributed by atoms with Crippen molar-refractivity contribution < 1.29 is 9.90 Å². The smallest absolute Gasteiger partial charge is 0.320 e. The van der Waals surface area contributed by atoms with Crippen LogP contribution in [0.4, 0.5) is 0 Å². The number of hydrogen-bond acceptors (Lipinski definition) is 2. The molecule has 0 amide bonds. The molecular formula is C17H15NO2. The third kappa shape index (κ3) is 3.98. The zero-order valence-electron chi connectivity index (χ0n) is 10.9. The Morgan fingerprint density at radius 2 is 1.55 bits per heavy atom. The van der Waals surface area contributed by atoms with E-state index >= 15 is 0 Å². The summed E-state index contributed by atoms with van der Waals surface area (Å²) in [5.74, 6) is 5.15. The summed E-state index contributed by atoms with van der Waals surface area (Å²) in [6.45, 7) is 0. The molecule has 0 radical (unpaired) electrons. The van der Waals surface area contributed by atoms with Crippen LogP contribution in [-0.2, 0) is 11.2 Å². The Hall–Kier alpha value is -2.57. The number of nitrogens with two attached hydrogens (primary N) is 1. The average molecular weight is 265 g/mol. The number of aliphatic carboxylic acids is 1. The molecule has 20 heavy (non-hydrogen) atoms. The van der Waals surface area contributed by atoms with E-state index in [-0.39, 0.29) is 0 Å². The first-order valence-corrected chi connectivity index (χ1v) is 6.29. The van der Waals surface area contributed by atoms with Crippen molar-refractivity contribution in [2.45, 2.75) is 12.5 Å². The van der Waals surface area contributed by atoms with E-state index < -0.39 is 12.0 Å². The summed E-state index contributed by atoms with van der Waals surface area (Å²) in [5.41, 5.74) is 8.24. The van der Waals surface area contributed by atoms with E-state index in [1.807, 2.05) is 54.6 Å². The maximum atomic E-state index is 10.7. The van der Waals surface area contributed by atoms with E-state index in [4.69, 9.17) is 10.8 Å². The lowest BCUT2D eigenvalue weighted by Gasteiger charge is -2.05. The molecule has 0 saturated heterocycles. The van der Waals surface area contributed by atoms with Crippen molar-refractivity contribution in [3.8, 4) is 11.8 Å². The SMILES string of the molecule is N[C@@H](Cc1ccc(C#Cc2ccccc2)cc1)C(=O)O. The molecule has 0 bridgehead atoms. The van der Waals surface area contributed by atoms with Crippen molar-refractivity contribution in [1.82, 2.24) is 0 Å². The highest BCUT2D eigenvalue weighted by molar-refractivity contribution is 5.73. The number of rotatable bonds is 3. The first-order valence-electron chi connectivity index (χ1n) is 6.29. The van der Waals surface area contributed by atoms with Crippen LogP contribution in [-0.4, -0.2) is 17.1 Å². The van der Waals surface area contributed by atoms with Gasteiger partial charge in [0, 0.05) is 11.1 Å². The summed E-state index contributed by atoms with van der Waals surface area (Å²) in [5, 5.41) is 8.76. The van der Waals surface area contributed by atoms with Crippen LogP contribution < -0.4 is 5.73 Å². The molecule has 0 unspecified atom stereocenters. The summed E-state index contributed by atoms with van der Waals surface area (Å²) in [6, 6.07) is 16.3. The van der Waals surface area contributed by atoms with Gasteiger partial charge in [0.25, 0.3) is 0 Å². The molecule has 2 aromatic rings. The molecule has 0 fully saturated rings. The number of carbonyl (C=O) groups is 1. The molecule has 0 saturated carbocycles. The lowest BCUT2D eigenvalue weighted by Crippen LogP contribution is -2.32. The van der Waals surface area contributed by atoms with E-state index in [0.717, 1.165) is 16.7 Å². The molecule has 0 aliphatic heterocycles. The average Bonchev–Trinajstić information content (AvgIpc) is 2.47. The van der Waals surface area contributed by atoms with E-state index in [1.165, 1.54) is 0 Å². The number of hydrogen-bond donors (Lipinski definition) is 2. The van der Waals surface area contributed by atoms with E-state index in [0.29, 0.717) is 6.42 Å². The lowest BCUT2D eigenvalue weighted by molar-refractivity contribution is -0.138. The Kier molecular flexibility index (Phi) is 4.54. The van der Waals surface area contributed by atoms with Gasteiger partial charge in [-0.05, 0) is 36.2 Å². The second kappa shape index (κ2) is 6.55. The quantitative estimate of drug-likeness (QED) is 0.835. The molecule has 0 spiro atoms. The van der Waals surface area contributed by atoms with Crippen molar-refractivity contribution in [2.75, 3.05) is 0 Å². The number of carboxylic acids is 1. The molecule has 3 N–H and O–H groups in total. The van der Waals surface area contributed by atoms with E-state index in [9.17, 15) is 4.79 Å².